The van der Waals surface area contributed by atoms with Crippen molar-refractivity contribution in [3.8, 4) is 0 Å². The lowest BCUT2D eigenvalue weighted by atomic mass is 10.2. The molecule has 106 valence electrons. The van der Waals surface area contributed by atoms with Crippen LogP contribution in [0.2, 0.25) is 0 Å². The molecule has 0 radical (unpaired) electrons. The molecule has 1 unspecified atom stereocenters. The van der Waals surface area contributed by atoms with E-state index in [0.717, 1.165) is 5.56 Å². The fraction of sp³-hybridized carbons (Fsp3) is 0.462. The Kier molecular flexibility index (Phi) is 5.50. The second-order valence-electron chi connectivity index (χ2n) is 4.61. The van der Waals surface area contributed by atoms with Gasteiger partial charge in [-0.25, -0.2) is 8.42 Å². The molecule has 0 saturated carbocycles. The Morgan fingerprint density at radius 3 is 2.42 bits per heavy atom. The Morgan fingerprint density at radius 1 is 1.32 bits per heavy atom. The zero-order chi connectivity index (χ0) is 14.5. The number of carbonyl (C=O) groups is 1. The van der Waals surface area contributed by atoms with Crippen LogP contribution in [-0.4, -0.2) is 31.9 Å². The van der Waals surface area contributed by atoms with E-state index in [4.69, 9.17) is 5.73 Å². The number of aryl methyl sites for hydroxylation is 1. The maximum absolute atomic E-state index is 11.9. The lowest BCUT2D eigenvalue weighted by Crippen LogP contribution is -2.30. The number of amides is 1. The molecular formula is C13H20N2O3S. The van der Waals surface area contributed by atoms with E-state index in [1.54, 1.807) is 19.1 Å². The van der Waals surface area contributed by atoms with Crippen molar-refractivity contribution < 1.29 is 13.2 Å². The van der Waals surface area contributed by atoms with Gasteiger partial charge in [-0.2, -0.15) is 0 Å². The van der Waals surface area contributed by atoms with Gasteiger partial charge in [0.05, 0.1) is 5.25 Å². The predicted octanol–water partition coefficient (Wildman–Crippen LogP) is 1.09. The average molecular weight is 284 g/mol. The van der Waals surface area contributed by atoms with E-state index in [1.807, 2.05) is 19.1 Å². The van der Waals surface area contributed by atoms with Crippen molar-refractivity contribution >= 4 is 21.4 Å². The van der Waals surface area contributed by atoms with Crippen LogP contribution in [0.25, 0.3) is 0 Å². The Labute approximate surface area is 114 Å². The highest BCUT2D eigenvalue weighted by Gasteiger charge is 2.23. The van der Waals surface area contributed by atoms with Crippen molar-refractivity contribution in [3.05, 3.63) is 29.8 Å². The first-order valence-corrected chi connectivity index (χ1v) is 7.85. The summed E-state index contributed by atoms with van der Waals surface area (Å²) in [5.41, 5.74) is 7.00. The average Bonchev–Trinajstić information content (AvgIpc) is 2.31. The van der Waals surface area contributed by atoms with E-state index in [2.05, 4.69) is 5.32 Å². The number of hydrogen-bond donors (Lipinski definition) is 2. The van der Waals surface area contributed by atoms with E-state index in [-0.39, 0.29) is 0 Å². The molecular weight excluding hydrogens is 264 g/mol. The van der Waals surface area contributed by atoms with Gasteiger partial charge in [0, 0.05) is 5.69 Å². The third-order valence-electron chi connectivity index (χ3n) is 2.85. The standard InChI is InChI=1S/C13H20N2O3S/c1-10-3-5-12(6-4-10)15-13(16)9-19(17,18)11(2)7-8-14/h3-6,11H,7-9,14H2,1-2H3,(H,15,16). The molecule has 0 bridgehead atoms. The summed E-state index contributed by atoms with van der Waals surface area (Å²) < 4.78 is 23.7. The fourth-order valence-electron chi connectivity index (χ4n) is 1.57. The summed E-state index contributed by atoms with van der Waals surface area (Å²) >= 11 is 0. The Morgan fingerprint density at radius 2 is 1.89 bits per heavy atom. The van der Waals surface area contributed by atoms with Gasteiger partial charge in [-0.15, -0.1) is 0 Å². The van der Waals surface area contributed by atoms with E-state index in [1.165, 1.54) is 0 Å². The van der Waals surface area contributed by atoms with E-state index < -0.39 is 26.7 Å². The topological polar surface area (TPSA) is 89.3 Å². The molecule has 0 aliphatic rings. The third kappa shape index (κ3) is 5.00. The summed E-state index contributed by atoms with van der Waals surface area (Å²) in [6, 6.07) is 7.18. The molecule has 0 heterocycles. The molecule has 1 atom stereocenters. The van der Waals surface area contributed by atoms with Gasteiger partial charge in [-0.05, 0) is 38.9 Å². The van der Waals surface area contributed by atoms with Crippen molar-refractivity contribution in [2.75, 3.05) is 17.6 Å². The first-order valence-electron chi connectivity index (χ1n) is 6.13. The van der Waals surface area contributed by atoms with Crippen LogP contribution in [-0.2, 0) is 14.6 Å². The summed E-state index contributed by atoms with van der Waals surface area (Å²) in [5.74, 6) is -1.03. The second kappa shape index (κ2) is 6.68. The van der Waals surface area contributed by atoms with Crippen LogP contribution in [0, 0.1) is 6.92 Å². The monoisotopic (exact) mass is 284 g/mol. The minimum absolute atomic E-state index is 0.292. The first kappa shape index (κ1) is 15.7. The number of nitrogens with one attached hydrogen (secondary N) is 1. The van der Waals surface area contributed by atoms with Crippen molar-refractivity contribution in [1.82, 2.24) is 0 Å². The Balaban J connectivity index is 2.62. The third-order valence-corrected chi connectivity index (χ3v) is 4.98. The summed E-state index contributed by atoms with van der Waals surface area (Å²) in [5, 5.41) is 1.98. The molecule has 1 aromatic rings. The molecule has 1 amide bonds. The van der Waals surface area contributed by atoms with Crippen molar-refractivity contribution in [1.29, 1.82) is 0 Å². The van der Waals surface area contributed by atoms with Crippen molar-refractivity contribution in [2.24, 2.45) is 5.73 Å². The number of anilines is 1. The highest BCUT2D eigenvalue weighted by molar-refractivity contribution is 7.92. The van der Waals surface area contributed by atoms with E-state index >= 15 is 0 Å². The van der Waals surface area contributed by atoms with Crippen LogP contribution in [0.3, 0.4) is 0 Å². The summed E-state index contributed by atoms with van der Waals surface area (Å²) in [6.45, 7) is 3.80. The van der Waals surface area contributed by atoms with Crippen LogP contribution >= 0.6 is 0 Å². The van der Waals surface area contributed by atoms with Gasteiger partial charge in [0.25, 0.3) is 0 Å². The summed E-state index contributed by atoms with van der Waals surface area (Å²) in [7, 11) is -3.44. The van der Waals surface area contributed by atoms with Gasteiger partial charge >= 0.3 is 0 Å². The molecule has 1 rings (SSSR count). The number of rotatable bonds is 6. The number of hydrogen-bond acceptors (Lipinski definition) is 4. The molecule has 5 nitrogen and oxygen atoms in total. The van der Waals surface area contributed by atoms with Gasteiger partial charge < -0.3 is 11.1 Å². The summed E-state index contributed by atoms with van der Waals surface area (Å²) in [4.78, 5) is 11.7. The van der Waals surface area contributed by atoms with Gasteiger partial charge in [0.2, 0.25) is 5.91 Å². The minimum Gasteiger partial charge on any atom is -0.330 e. The van der Waals surface area contributed by atoms with Crippen molar-refractivity contribution in [2.45, 2.75) is 25.5 Å². The van der Waals surface area contributed by atoms with E-state index in [9.17, 15) is 13.2 Å². The Hall–Kier alpha value is -1.40. The van der Waals surface area contributed by atoms with Crippen LogP contribution in [0.1, 0.15) is 18.9 Å². The zero-order valence-corrected chi connectivity index (χ0v) is 12.0. The van der Waals surface area contributed by atoms with Gasteiger partial charge in [0.15, 0.2) is 9.84 Å². The highest BCUT2D eigenvalue weighted by Crippen LogP contribution is 2.10. The number of sulfone groups is 1. The highest BCUT2D eigenvalue weighted by atomic mass is 32.2. The first-order chi connectivity index (χ1) is 8.85. The van der Waals surface area contributed by atoms with E-state index in [0.29, 0.717) is 18.7 Å². The molecule has 19 heavy (non-hydrogen) atoms. The summed E-state index contributed by atoms with van der Waals surface area (Å²) in [6.07, 6.45) is 0.361. The molecule has 0 saturated heterocycles. The second-order valence-corrected chi connectivity index (χ2v) is 7.03. The normalized spacial score (nSPS) is 13.0. The van der Waals surface area contributed by atoms with Gasteiger partial charge in [-0.3, -0.25) is 4.79 Å². The number of nitrogens with two attached hydrogens (primary N) is 1. The maximum atomic E-state index is 11.9. The minimum atomic E-state index is -3.44. The largest absolute Gasteiger partial charge is 0.330 e. The molecule has 0 fully saturated rings. The smallest absolute Gasteiger partial charge is 0.239 e. The SMILES string of the molecule is Cc1ccc(NC(=O)CS(=O)(=O)C(C)CCN)cc1. The van der Waals surface area contributed by atoms with Crippen LogP contribution in [0.4, 0.5) is 5.69 Å². The molecule has 3 N–H and O–H groups in total. The molecule has 1 aromatic carbocycles. The van der Waals surface area contributed by atoms with Crippen LogP contribution < -0.4 is 11.1 Å². The molecule has 0 aromatic heterocycles. The van der Waals surface area contributed by atoms with Gasteiger partial charge in [-0.1, -0.05) is 17.7 Å². The van der Waals surface area contributed by atoms with Crippen LogP contribution in [0.15, 0.2) is 24.3 Å². The lowest BCUT2D eigenvalue weighted by Gasteiger charge is -2.11. The molecule has 6 heteroatoms. The molecule has 0 aliphatic heterocycles. The van der Waals surface area contributed by atoms with Gasteiger partial charge in [0.1, 0.15) is 5.75 Å². The lowest BCUT2D eigenvalue weighted by molar-refractivity contribution is -0.113. The Bertz CT molecular complexity index is 523. The molecule has 0 spiro atoms. The quantitative estimate of drug-likeness (QED) is 0.818. The fourth-order valence-corrected chi connectivity index (χ4v) is 2.79. The maximum Gasteiger partial charge on any atom is 0.239 e. The van der Waals surface area contributed by atoms with Crippen LogP contribution in [0.5, 0.6) is 0 Å². The zero-order valence-electron chi connectivity index (χ0n) is 11.2. The number of benzene rings is 1. The predicted molar refractivity (Wildman–Crippen MR) is 76.7 cm³/mol. The van der Waals surface area contributed by atoms with Crippen molar-refractivity contribution in [3.63, 3.8) is 0 Å². The molecule has 0 aliphatic carbocycles. The number of carbonyl (C=O) groups excluding carboxylic acids is 1.